The van der Waals surface area contributed by atoms with Crippen LogP contribution in [-0.2, 0) is 0 Å². The molecular weight excluding hydrogens is 468 g/mol. The second-order valence-corrected chi connectivity index (χ2v) is 8.88. The first-order chi connectivity index (χ1) is 18.0. The number of benzene rings is 1. The fourth-order valence-corrected chi connectivity index (χ4v) is 4.25. The second kappa shape index (κ2) is 10.7. The minimum absolute atomic E-state index is 0.160. The van der Waals surface area contributed by atoms with Gasteiger partial charge in [0.2, 0.25) is 0 Å². The molecule has 0 aliphatic carbocycles. The third-order valence-electron chi connectivity index (χ3n) is 6.28. The molecule has 4 aromatic rings. The predicted octanol–water partition coefficient (Wildman–Crippen LogP) is 1.90. The lowest BCUT2D eigenvalue weighted by Gasteiger charge is -2.35. The molecule has 1 aromatic carbocycles. The zero-order chi connectivity index (χ0) is 25.8. The number of amides is 1. The number of imidazole rings is 1. The van der Waals surface area contributed by atoms with Crippen molar-refractivity contribution in [3.05, 3.63) is 77.0 Å². The van der Waals surface area contributed by atoms with Gasteiger partial charge >= 0.3 is 0 Å². The van der Waals surface area contributed by atoms with Crippen molar-refractivity contribution in [3.63, 3.8) is 0 Å². The van der Waals surface area contributed by atoms with Crippen LogP contribution < -0.4 is 10.2 Å². The van der Waals surface area contributed by atoms with E-state index >= 15 is 0 Å². The van der Waals surface area contributed by atoms with Gasteiger partial charge in [0.05, 0.1) is 12.8 Å². The van der Waals surface area contributed by atoms with E-state index in [0.29, 0.717) is 29.4 Å². The molecule has 1 saturated heterocycles. The van der Waals surface area contributed by atoms with Gasteiger partial charge in [-0.15, -0.1) is 0 Å². The predicted molar refractivity (Wildman–Crippen MR) is 141 cm³/mol. The van der Waals surface area contributed by atoms with Gasteiger partial charge in [0.1, 0.15) is 23.2 Å². The van der Waals surface area contributed by atoms with Crippen LogP contribution in [0.1, 0.15) is 33.0 Å². The van der Waals surface area contributed by atoms with Crippen molar-refractivity contribution in [2.75, 3.05) is 49.5 Å². The number of piperazine rings is 1. The fraction of sp³-hybridized carbons (Fsp3) is 0.296. The molecule has 2 N–H and O–H groups in total. The number of nitrogens with one attached hydrogen (secondary N) is 1. The Morgan fingerprint density at radius 2 is 1.92 bits per heavy atom. The van der Waals surface area contributed by atoms with Gasteiger partial charge < -0.3 is 15.3 Å². The molecule has 0 bridgehead atoms. The molecule has 0 saturated carbocycles. The van der Waals surface area contributed by atoms with Crippen LogP contribution in [0, 0.1) is 25.7 Å². The Morgan fingerprint density at radius 3 is 2.73 bits per heavy atom. The summed E-state index contributed by atoms with van der Waals surface area (Å²) in [5.41, 5.74) is 3.60. The van der Waals surface area contributed by atoms with Crippen molar-refractivity contribution in [1.29, 1.82) is 0 Å². The number of anilines is 2. The highest BCUT2D eigenvalue weighted by Gasteiger charge is 2.19. The Labute approximate surface area is 215 Å². The Morgan fingerprint density at radius 1 is 1.08 bits per heavy atom. The van der Waals surface area contributed by atoms with Crippen LogP contribution in [0.2, 0.25) is 0 Å². The summed E-state index contributed by atoms with van der Waals surface area (Å²) in [6, 6.07) is 10.9. The summed E-state index contributed by atoms with van der Waals surface area (Å²) in [6.07, 6.45) is 3.37. The number of carbonyl (C=O) groups is 1. The molecule has 0 spiro atoms. The molecule has 1 amide bonds. The summed E-state index contributed by atoms with van der Waals surface area (Å²) < 4.78 is 1.68. The van der Waals surface area contributed by atoms with Crippen LogP contribution in [0.15, 0.2) is 48.8 Å². The fourth-order valence-electron chi connectivity index (χ4n) is 4.25. The van der Waals surface area contributed by atoms with E-state index in [9.17, 15) is 4.79 Å². The maximum Gasteiger partial charge on any atom is 0.256 e. The third kappa shape index (κ3) is 5.58. The van der Waals surface area contributed by atoms with Gasteiger partial charge in [-0.3, -0.25) is 9.69 Å². The topological polar surface area (TPSA) is 112 Å². The smallest absolute Gasteiger partial charge is 0.256 e. The second-order valence-electron chi connectivity index (χ2n) is 8.88. The lowest BCUT2D eigenvalue weighted by molar-refractivity contribution is 0.102. The van der Waals surface area contributed by atoms with E-state index in [1.807, 2.05) is 32.0 Å². The molecule has 0 radical (unpaired) electrons. The molecule has 5 rings (SSSR count). The first kappa shape index (κ1) is 24.4. The Balaban J connectivity index is 1.32. The molecule has 4 heterocycles. The highest BCUT2D eigenvalue weighted by atomic mass is 16.3. The van der Waals surface area contributed by atoms with E-state index in [-0.39, 0.29) is 12.5 Å². The van der Waals surface area contributed by atoms with E-state index in [4.69, 9.17) is 5.11 Å². The molecule has 0 atom stereocenters. The minimum Gasteiger partial charge on any atom is -0.395 e. The number of fused-ring (bicyclic) bond motifs is 1. The van der Waals surface area contributed by atoms with Gasteiger partial charge in [-0.05, 0) is 49.6 Å². The van der Waals surface area contributed by atoms with Gasteiger partial charge in [-0.1, -0.05) is 12.0 Å². The number of carbonyl (C=O) groups excluding carboxylic acids is 1. The Bertz CT molecular complexity index is 1500. The summed E-state index contributed by atoms with van der Waals surface area (Å²) in [4.78, 5) is 30.8. The monoisotopic (exact) mass is 496 g/mol. The number of aliphatic hydroxyl groups excluding tert-OH is 1. The number of aryl methyl sites for hydroxylation is 2. The zero-order valence-corrected chi connectivity index (χ0v) is 20.8. The maximum absolute atomic E-state index is 13.1. The molecule has 188 valence electrons. The quantitative estimate of drug-likeness (QED) is 0.403. The number of aromatic nitrogens is 5. The van der Waals surface area contributed by atoms with Gasteiger partial charge in [0.25, 0.3) is 5.91 Å². The van der Waals surface area contributed by atoms with Gasteiger partial charge in [0, 0.05) is 56.1 Å². The van der Waals surface area contributed by atoms with Crippen LogP contribution in [0.25, 0.3) is 5.65 Å². The molecule has 0 unspecified atom stereocenters. The number of rotatable bonds is 5. The van der Waals surface area contributed by atoms with Crippen molar-refractivity contribution in [2.45, 2.75) is 13.8 Å². The third-order valence-corrected chi connectivity index (χ3v) is 6.28. The molecule has 1 fully saturated rings. The summed E-state index contributed by atoms with van der Waals surface area (Å²) in [5, 5.41) is 16.4. The average Bonchev–Trinajstić information content (AvgIpc) is 3.31. The Kier molecular flexibility index (Phi) is 7.07. The van der Waals surface area contributed by atoms with Gasteiger partial charge in [-0.25, -0.2) is 19.5 Å². The van der Waals surface area contributed by atoms with Crippen LogP contribution in [0.3, 0.4) is 0 Å². The van der Waals surface area contributed by atoms with Gasteiger partial charge in [0.15, 0.2) is 5.65 Å². The van der Waals surface area contributed by atoms with Crippen molar-refractivity contribution in [1.82, 2.24) is 29.5 Å². The van der Waals surface area contributed by atoms with Crippen molar-refractivity contribution < 1.29 is 9.90 Å². The highest BCUT2D eigenvalue weighted by Crippen LogP contribution is 2.19. The van der Waals surface area contributed by atoms with E-state index < -0.39 is 0 Å². The van der Waals surface area contributed by atoms with Crippen molar-refractivity contribution in [2.24, 2.45) is 0 Å². The summed E-state index contributed by atoms with van der Waals surface area (Å²) in [5.74, 6) is 7.83. The number of aliphatic hydroxyl groups is 1. The highest BCUT2D eigenvalue weighted by molar-refractivity contribution is 6.04. The molecule has 37 heavy (non-hydrogen) atoms. The number of nitrogens with zero attached hydrogens (tertiary/aromatic N) is 7. The van der Waals surface area contributed by atoms with Gasteiger partial charge in [-0.2, -0.15) is 5.10 Å². The summed E-state index contributed by atoms with van der Waals surface area (Å²) in [6.45, 7) is 7.91. The van der Waals surface area contributed by atoms with Crippen LogP contribution in [-0.4, -0.2) is 79.8 Å². The molecule has 10 nitrogen and oxygen atoms in total. The summed E-state index contributed by atoms with van der Waals surface area (Å²) in [7, 11) is 0. The number of hydrogen-bond acceptors (Lipinski definition) is 8. The molecule has 10 heteroatoms. The molecule has 1 aliphatic heterocycles. The van der Waals surface area contributed by atoms with Crippen LogP contribution in [0.5, 0.6) is 0 Å². The SMILES string of the molecule is Cc1nc(NC(=O)c2ccc(C)c(C#Cc3cnc4cccnn34)c2)cc(N2CCN(CCO)CC2)n1. The number of β-amino-alcohol motifs (C(OH)–C–C–N with tert-alkyl or cyclic N) is 1. The summed E-state index contributed by atoms with van der Waals surface area (Å²) >= 11 is 0. The lowest BCUT2D eigenvalue weighted by atomic mass is 10.0. The molecule has 3 aromatic heterocycles. The standard InChI is InChI=1S/C27H28N8O2/c1-19-5-6-22(16-21(19)7-8-23-18-28-25-4-3-9-29-35(23)25)27(37)32-24-17-26(31-20(2)30-24)34-12-10-33(11-13-34)14-15-36/h3-6,9,16-18,36H,10-15H2,1-2H3,(H,30,31,32,37). The number of hydrogen-bond donors (Lipinski definition) is 2. The largest absolute Gasteiger partial charge is 0.395 e. The minimum atomic E-state index is -0.267. The lowest BCUT2D eigenvalue weighted by Crippen LogP contribution is -2.47. The molecular formula is C27H28N8O2. The zero-order valence-electron chi connectivity index (χ0n) is 20.8. The van der Waals surface area contributed by atoms with E-state index in [1.54, 1.807) is 35.1 Å². The maximum atomic E-state index is 13.1. The first-order valence-electron chi connectivity index (χ1n) is 12.2. The Hall–Kier alpha value is -4.33. The van der Waals surface area contributed by atoms with Crippen LogP contribution >= 0.6 is 0 Å². The van der Waals surface area contributed by atoms with E-state index in [0.717, 1.165) is 48.8 Å². The first-order valence-corrected chi connectivity index (χ1v) is 12.2. The van der Waals surface area contributed by atoms with Crippen LogP contribution in [0.4, 0.5) is 11.6 Å². The van der Waals surface area contributed by atoms with Crippen molar-refractivity contribution >= 4 is 23.2 Å². The molecule has 1 aliphatic rings. The van der Waals surface area contributed by atoms with Crippen molar-refractivity contribution in [3.8, 4) is 11.8 Å². The van der Waals surface area contributed by atoms with E-state index in [1.165, 1.54) is 0 Å². The average molecular weight is 497 g/mol. The normalized spacial score (nSPS) is 13.9. The van der Waals surface area contributed by atoms with E-state index in [2.05, 4.69) is 47.0 Å².